The summed E-state index contributed by atoms with van der Waals surface area (Å²) in [5.41, 5.74) is 6.17. The molecule has 0 radical (unpaired) electrons. The minimum absolute atomic E-state index is 0.0137. The Bertz CT molecular complexity index is 559. The Morgan fingerprint density at radius 1 is 1.34 bits per heavy atom. The lowest BCUT2D eigenvalue weighted by molar-refractivity contribution is -0.410. The molecule has 0 fully saturated rings. The van der Waals surface area contributed by atoms with Crippen molar-refractivity contribution in [1.82, 2.24) is 15.6 Å². The van der Waals surface area contributed by atoms with Gasteiger partial charge in [-0.25, -0.2) is 5.01 Å². The van der Waals surface area contributed by atoms with Gasteiger partial charge in [-0.05, 0) is 25.8 Å². The monoisotopic (exact) mass is 583 g/mol. The molecule has 0 aromatic heterocycles. The van der Waals surface area contributed by atoms with Gasteiger partial charge in [0.15, 0.2) is 3.92 Å². The molecular weight excluding hydrogens is 544 g/mol. The van der Waals surface area contributed by atoms with Crippen LogP contribution in [0.25, 0.3) is 0 Å². The Kier molecular flexibility index (Phi) is 15.9. The number of hydrogen-bond acceptors (Lipinski definition) is 9. The highest BCUT2D eigenvalue weighted by atomic mass is 127. The molecule has 0 aromatic carbocycles. The van der Waals surface area contributed by atoms with Crippen LogP contribution >= 0.6 is 0 Å². The number of aliphatic hydroxyl groups is 2. The zero-order chi connectivity index (χ0) is 24.9. The number of nitrogens with one attached hydrogen (secondary N) is 3. The van der Waals surface area contributed by atoms with Crippen LogP contribution in [0, 0.1) is 11.3 Å². The number of hydrogen-bond donors (Lipinski definition) is 7. The molecule has 13 heteroatoms. The topological polar surface area (TPSA) is 153 Å². The number of ether oxygens (including phenoxy) is 1. The van der Waals surface area contributed by atoms with Crippen molar-refractivity contribution in [2.75, 3.05) is 33.3 Å². The van der Waals surface area contributed by atoms with E-state index < -0.39 is 36.9 Å². The molecule has 0 aliphatic rings. The SMILES string of the molecule is CCNCC(CCC(F)(F)F)[C@H](CNC(O)CN(N)C(C)[C@@H](N)[C@H]([IH+])/C=C(/O)C=N)OC. The molecule has 190 valence electrons. The van der Waals surface area contributed by atoms with Crippen LogP contribution in [0.3, 0.4) is 0 Å². The molecule has 9 N–H and O–H groups in total. The van der Waals surface area contributed by atoms with E-state index >= 15 is 0 Å². The Morgan fingerprint density at radius 3 is 2.47 bits per heavy atom. The summed E-state index contributed by atoms with van der Waals surface area (Å²) in [5.74, 6) is 5.45. The van der Waals surface area contributed by atoms with Crippen LogP contribution < -0.4 is 44.8 Å². The number of nitrogens with two attached hydrogens (primary N) is 2. The maximum Gasteiger partial charge on any atom is 0.389 e. The summed E-state index contributed by atoms with van der Waals surface area (Å²) in [7, 11) is 1.43. The molecule has 0 saturated heterocycles. The fourth-order valence-corrected chi connectivity index (χ4v) is 4.09. The summed E-state index contributed by atoms with van der Waals surface area (Å²) in [4.78, 5) is 0. The van der Waals surface area contributed by atoms with Gasteiger partial charge in [-0.1, -0.05) is 6.92 Å². The molecular formula is C19H39F3IN6O3+. The first kappa shape index (κ1) is 31.4. The maximum absolute atomic E-state index is 12.7. The molecule has 6 atom stereocenters. The highest BCUT2D eigenvalue weighted by Gasteiger charge is 2.32. The van der Waals surface area contributed by atoms with Crippen molar-refractivity contribution in [3.05, 3.63) is 11.8 Å². The van der Waals surface area contributed by atoms with Crippen LogP contribution in [-0.4, -0.2) is 89.2 Å². The Balaban J connectivity index is 4.81. The zero-order valence-electron chi connectivity index (χ0n) is 18.8. The van der Waals surface area contributed by atoms with Crippen LogP contribution in [0.2, 0.25) is 0 Å². The third-order valence-electron chi connectivity index (χ3n) is 5.16. The molecule has 0 aliphatic carbocycles. The molecule has 0 bridgehead atoms. The smallest absolute Gasteiger partial charge is 0.389 e. The first-order chi connectivity index (χ1) is 14.9. The first-order valence-corrected chi connectivity index (χ1v) is 11.8. The van der Waals surface area contributed by atoms with Crippen LogP contribution in [0.15, 0.2) is 11.8 Å². The average molecular weight is 583 g/mol. The van der Waals surface area contributed by atoms with Crippen molar-refractivity contribution in [3.8, 4) is 0 Å². The number of methoxy groups -OCH3 is 1. The van der Waals surface area contributed by atoms with E-state index in [1.165, 1.54) is 18.2 Å². The minimum Gasteiger partial charge on any atom is -0.507 e. The molecule has 0 amide bonds. The number of halogens is 4. The number of hydrazine groups is 1. The van der Waals surface area contributed by atoms with Crippen LogP contribution in [0.1, 0.15) is 26.7 Å². The van der Waals surface area contributed by atoms with E-state index in [1.807, 2.05) is 6.92 Å². The molecule has 9 nitrogen and oxygen atoms in total. The first-order valence-electron chi connectivity index (χ1n) is 10.4. The van der Waals surface area contributed by atoms with Crippen LogP contribution in [0.4, 0.5) is 13.2 Å². The third-order valence-corrected chi connectivity index (χ3v) is 6.45. The fraction of sp³-hybridized carbons (Fsp3) is 0.842. The summed E-state index contributed by atoms with van der Waals surface area (Å²) in [6.45, 7) is 4.79. The molecule has 0 heterocycles. The van der Waals surface area contributed by atoms with Crippen molar-refractivity contribution in [3.63, 3.8) is 0 Å². The normalized spacial score (nSPS) is 18.8. The number of alkyl halides is 4. The second-order valence-corrected chi connectivity index (χ2v) is 9.19. The molecule has 3 unspecified atom stereocenters. The second-order valence-electron chi connectivity index (χ2n) is 7.64. The van der Waals surface area contributed by atoms with E-state index in [1.54, 1.807) is 29.5 Å². The number of nitrogens with zero attached hydrogens (tertiary/aromatic N) is 1. The van der Waals surface area contributed by atoms with Gasteiger partial charge in [-0.2, -0.15) is 13.2 Å². The van der Waals surface area contributed by atoms with Gasteiger partial charge >= 0.3 is 6.18 Å². The number of rotatable bonds is 17. The van der Waals surface area contributed by atoms with E-state index in [0.717, 1.165) is 6.21 Å². The lowest BCUT2D eigenvalue weighted by atomic mass is 9.96. The largest absolute Gasteiger partial charge is 0.507 e. The predicted octanol–water partition coefficient (Wildman–Crippen LogP) is -2.89. The van der Waals surface area contributed by atoms with E-state index in [4.69, 9.17) is 21.7 Å². The summed E-state index contributed by atoms with van der Waals surface area (Å²) < 4.78 is 43.2. The lowest BCUT2D eigenvalue weighted by Crippen LogP contribution is -3.40. The molecule has 32 heavy (non-hydrogen) atoms. The van der Waals surface area contributed by atoms with Gasteiger partial charge in [0.25, 0.3) is 22.6 Å². The summed E-state index contributed by atoms with van der Waals surface area (Å²) in [6.07, 6.45) is -4.56. The van der Waals surface area contributed by atoms with Gasteiger partial charge in [-0.3, -0.25) is 11.2 Å². The van der Waals surface area contributed by atoms with Gasteiger partial charge < -0.3 is 31.4 Å². The summed E-state index contributed by atoms with van der Waals surface area (Å²) in [6, 6.07) is -0.844. The molecule has 0 spiro atoms. The van der Waals surface area contributed by atoms with E-state index in [-0.39, 0.29) is 35.2 Å². The van der Waals surface area contributed by atoms with Gasteiger partial charge in [-0.15, -0.1) is 0 Å². The third kappa shape index (κ3) is 13.2. The van der Waals surface area contributed by atoms with Crippen molar-refractivity contribution in [2.24, 2.45) is 17.5 Å². The lowest BCUT2D eigenvalue weighted by Gasteiger charge is -2.32. The summed E-state index contributed by atoms with van der Waals surface area (Å²) >= 11 is 1.69. The maximum atomic E-state index is 12.7. The standard InChI is InChI=1S/C19H38F3IN6O3/c1-4-27-9-13(5-6-19(20,21)22)16(32-3)10-28-17(31)11-29(26)12(2)18(25)15(23)7-14(30)8-24/h7-8,12-13,15-18,23-24,27-28,31H,4-6,9-11,25-26H2,1-3H3/p+1/b14-7+,24-8?/t12?,13?,15-,16+,17?,18-/m1/s1. The quantitative estimate of drug-likeness (QED) is 0.0184. The fourth-order valence-electron chi connectivity index (χ4n) is 3.05. The van der Waals surface area contributed by atoms with Crippen molar-refractivity contribution in [2.45, 2.75) is 61.2 Å². The van der Waals surface area contributed by atoms with E-state index in [9.17, 15) is 23.4 Å². The minimum atomic E-state index is -4.24. The van der Waals surface area contributed by atoms with Crippen molar-refractivity contribution < 1.29 is 50.7 Å². The highest BCUT2D eigenvalue weighted by Crippen LogP contribution is 2.26. The van der Waals surface area contributed by atoms with Crippen molar-refractivity contribution in [1.29, 1.82) is 5.41 Å². The number of allylic oxidation sites excluding steroid dienone is 1. The predicted molar refractivity (Wildman–Crippen MR) is 115 cm³/mol. The Morgan fingerprint density at radius 2 is 1.97 bits per heavy atom. The van der Waals surface area contributed by atoms with E-state index in [0.29, 0.717) is 13.1 Å². The Labute approximate surface area is 201 Å². The average Bonchev–Trinajstić information content (AvgIpc) is 2.72. The summed E-state index contributed by atoms with van der Waals surface area (Å²) in [5, 5.41) is 34.1. The van der Waals surface area contributed by atoms with Crippen LogP contribution in [0.5, 0.6) is 0 Å². The highest BCUT2D eigenvalue weighted by molar-refractivity contribution is 5.72. The number of aliphatic hydroxyl groups excluding tert-OH is 2. The van der Waals surface area contributed by atoms with Crippen molar-refractivity contribution >= 4 is 6.21 Å². The molecule has 0 rings (SSSR count). The molecule has 0 aliphatic heterocycles. The van der Waals surface area contributed by atoms with E-state index in [2.05, 4.69) is 10.6 Å². The van der Waals surface area contributed by atoms with Gasteiger partial charge in [0, 0.05) is 38.7 Å². The Hall–Kier alpha value is -0.550. The van der Waals surface area contributed by atoms with Gasteiger partial charge in [0.2, 0.25) is 0 Å². The zero-order valence-corrected chi connectivity index (χ0v) is 21.1. The molecule has 0 aromatic rings. The van der Waals surface area contributed by atoms with Crippen LogP contribution in [-0.2, 0) is 4.74 Å². The second kappa shape index (κ2) is 16.1. The van der Waals surface area contributed by atoms with Gasteiger partial charge in [0.05, 0.1) is 24.9 Å². The van der Waals surface area contributed by atoms with Gasteiger partial charge in [0.1, 0.15) is 12.0 Å². The molecule has 0 saturated carbocycles.